The number of amidine groups is 8. The summed E-state index contributed by atoms with van der Waals surface area (Å²) in [5, 5.41) is 15.9. The van der Waals surface area contributed by atoms with Crippen LogP contribution in [0.15, 0.2) is 282 Å². The molecule has 0 bridgehead atoms. The quantitative estimate of drug-likeness (QED) is 0.0167. The molecule has 0 amide bonds. The Balaban J connectivity index is 0.000000181. The second kappa shape index (κ2) is 59.5. The molecule has 45 heteroatoms. The summed E-state index contributed by atoms with van der Waals surface area (Å²) in [7, 11) is 0. The van der Waals surface area contributed by atoms with Gasteiger partial charge >= 0.3 is 0 Å². The Bertz CT molecular complexity index is 6360. The first-order chi connectivity index (χ1) is 67.5. The zero-order valence-corrected chi connectivity index (χ0v) is 95.5. The summed E-state index contributed by atoms with van der Waals surface area (Å²) in [5.41, 5.74) is 50.7. The number of nitrogens with two attached hydrogens (primary N) is 6. The Morgan fingerprint density at radius 2 is 0.582 bits per heavy atom. The van der Waals surface area contributed by atoms with Crippen molar-refractivity contribution in [3.05, 3.63) is 376 Å². The molecule has 14 rings (SSSR count). The molecule has 2 heterocycles. The van der Waals surface area contributed by atoms with Crippen LogP contribution in [0.2, 0.25) is 60.3 Å². The van der Waals surface area contributed by atoms with E-state index in [1.165, 1.54) is 113 Å². The smallest absolute Gasteiger partial charge is 0.159 e. The van der Waals surface area contributed by atoms with Crippen LogP contribution in [0.1, 0.15) is 55.6 Å². The first kappa shape index (κ1) is 116. The Morgan fingerprint density at radius 1 is 0.291 bits per heavy atom. The van der Waals surface area contributed by atoms with E-state index >= 15 is 0 Å². The number of hydrogen-bond acceptors (Lipinski definition) is 20. The van der Waals surface area contributed by atoms with Gasteiger partial charge in [-0.05, 0) is 263 Å². The Hall–Kier alpha value is -5.69. The molecule has 0 atom stereocenters. The normalized spacial score (nSPS) is 13.4. The maximum atomic E-state index is 14.2. The van der Waals surface area contributed by atoms with Gasteiger partial charge in [0, 0.05) is 77.0 Å². The third kappa shape index (κ3) is 40.4. The SMILES string of the molecule is Fc1ccc(CSC2=NCN(CCc3ccc(Cl)c(Cl)c3)CN2)c(CSC2=NCN(CCc3ccc(Cl)c(Cl)c3)CN2)c1.NC(=Nc1ccc(Br)cc1)SCc1cc(Cl)c(Cl)cc1CSC(N)=Nc1ccc(Br)cc1.NC(=Nc1ccc(F)c(Cl)c1)SCc1cc(Cl)c(Cl)cc1CSC(N)=Nc1ccc(F)c(Cl)c1.NC(=Nc1cccc(Br)c1)SCc1cc(Cl)c(Cl)cc1CSC(N)=Nc1cccc(Br)c1. The third-order valence-electron chi connectivity index (χ3n) is 19.5. The number of nitrogens with zero attached hydrogens (tertiary/aromatic N) is 10. The van der Waals surface area contributed by atoms with Crippen molar-refractivity contribution in [2.45, 2.75) is 58.9 Å². The zero-order valence-electron chi connectivity index (χ0n) is 73.6. The Labute approximate surface area is 943 Å². The van der Waals surface area contributed by atoms with Gasteiger partial charge in [0.1, 0.15) is 17.5 Å². The fraction of sp³-hybridized carbons (Fsp3) is 0.167. The summed E-state index contributed by atoms with van der Waals surface area (Å²) < 4.78 is 44.7. The van der Waals surface area contributed by atoms with Crippen LogP contribution in [-0.2, 0) is 58.9 Å². The van der Waals surface area contributed by atoms with Crippen molar-refractivity contribution in [1.82, 2.24) is 20.4 Å². The lowest BCUT2D eigenvalue weighted by Crippen LogP contribution is -2.42. The van der Waals surface area contributed by atoms with E-state index in [0.717, 1.165) is 139 Å². The second-order valence-corrected chi connectivity index (χ2v) is 46.3. The topological polar surface area (TPSA) is 286 Å². The van der Waals surface area contributed by atoms with E-state index in [0.29, 0.717) is 148 Å². The minimum absolute atomic E-state index is 0.0370. The second-order valence-electron chi connectivity index (χ2n) is 29.8. The number of halogens is 19. The molecule has 0 unspecified atom stereocenters. The Kier molecular flexibility index (Phi) is 48.8. The molecule has 738 valence electrons. The predicted molar refractivity (Wildman–Crippen MR) is 628 cm³/mol. The van der Waals surface area contributed by atoms with Gasteiger partial charge in [0.2, 0.25) is 0 Å². The van der Waals surface area contributed by atoms with Gasteiger partial charge in [0.25, 0.3) is 0 Å². The van der Waals surface area contributed by atoms with E-state index in [4.69, 9.17) is 184 Å². The van der Waals surface area contributed by atoms with E-state index in [2.05, 4.69) is 114 Å². The van der Waals surface area contributed by atoms with Gasteiger partial charge in [0.05, 0.1) is 121 Å². The number of hydrogen-bond donors (Lipinski definition) is 8. The highest BCUT2D eigenvalue weighted by Crippen LogP contribution is 2.39. The van der Waals surface area contributed by atoms with Crippen LogP contribution < -0.4 is 45.0 Å². The summed E-state index contributed by atoms with van der Waals surface area (Å²) in [4.78, 5) is 40.1. The molecule has 0 saturated heterocycles. The number of thioether (sulfide) groups is 8. The largest absolute Gasteiger partial charge is 0.378 e. The third-order valence-corrected chi connectivity index (χ3v) is 32.9. The van der Waals surface area contributed by atoms with Crippen LogP contribution in [0.3, 0.4) is 0 Å². The highest BCUT2D eigenvalue weighted by molar-refractivity contribution is 9.11. The van der Waals surface area contributed by atoms with Crippen LogP contribution in [0.4, 0.5) is 47.3 Å². The van der Waals surface area contributed by atoms with Crippen LogP contribution >= 0.6 is 297 Å². The molecule has 18 nitrogen and oxygen atoms in total. The summed E-state index contributed by atoms with van der Waals surface area (Å²) in [6, 6.07) is 66.2. The highest BCUT2D eigenvalue weighted by atomic mass is 79.9. The molecule has 0 aliphatic carbocycles. The molecule has 0 aromatic heterocycles. The fourth-order valence-electron chi connectivity index (χ4n) is 12.3. The molecule has 0 radical (unpaired) electrons. The van der Waals surface area contributed by atoms with Crippen molar-refractivity contribution in [3.8, 4) is 0 Å². The van der Waals surface area contributed by atoms with Crippen molar-refractivity contribution >= 4 is 372 Å². The van der Waals surface area contributed by atoms with Gasteiger partial charge in [-0.15, -0.1) is 0 Å². The molecule has 12 aromatic carbocycles. The lowest BCUT2D eigenvalue weighted by atomic mass is 10.1. The first-order valence-corrected chi connectivity index (χ1v) is 57.2. The van der Waals surface area contributed by atoms with E-state index < -0.39 is 11.6 Å². The van der Waals surface area contributed by atoms with Gasteiger partial charge in [-0.2, -0.15) is 0 Å². The molecule has 2 aliphatic heterocycles. The van der Waals surface area contributed by atoms with E-state index in [-0.39, 0.29) is 26.2 Å². The first-order valence-electron chi connectivity index (χ1n) is 41.6. The number of nitrogens with one attached hydrogen (secondary N) is 2. The summed E-state index contributed by atoms with van der Waals surface area (Å²) in [6.45, 7) is 4.37. The molecular weight excluding hydrogens is 2460 g/mol. The van der Waals surface area contributed by atoms with Gasteiger partial charge < -0.3 is 45.0 Å². The molecule has 14 N–H and O–H groups in total. The molecule has 0 fully saturated rings. The highest BCUT2D eigenvalue weighted by Gasteiger charge is 2.21. The van der Waals surface area contributed by atoms with Crippen LogP contribution in [0, 0.1) is 17.5 Å². The minimum atomic E-state index is -0.532. The molecule has 2 aliphatic rings. The maximum Gasteiger partial charge on any atom is 0.159 e. The zero-order chi connectivity index (χ0) is 101. The van der Waals surface area contributed by atoms with Gasteiger partial charge in [-0.25, -0.2) is 53.1 Å². The number of rotatable bonds is 28. The van der Waals surface area contributed by atoms with Crippen molar-refractivity contribution < 1.29 is 13.2 Å². The van der Waals surface area contributed by atoms with Gasteiger partial charge in [-0.1, -0.05) is 327 Å². The van der Waals surface area contributed by atoms with Crippen LogP contribution in [-0.4, -0.2) is 90.9 Å². The van der Waals surface area contributed by atoms with Crippen molar-refractivity contribution in [2.24, 2.45) is 74.3 Å². The van der Waals surface area contributed by atoms with Crippen molar-refractivity contribution in [2.75, 3.05) is 39.8 Å². The molecule has 0 spiro atoms. The summed E-state index contributed by atoms with van der Waals surface area (Å²) >= 11 is 98.6. The van der Waals surface area contributed by atoms with Crippen molar-refractivity contribution in [1.29, 1.82) is 0 Å². The average Bonchev–Trinajstić information content (AvgIpc) is 0.839. The fourth-order valence-corrected chi connectivity index (χ4v) is 21.9. The molecule has 12 aromatic rings. The lowest BCUT2D eigenvalue weighted by Gasteiger charge is -2.27. The maximum absolute atomic E-state index is 14.2. The van der Waals surface area contributed by atoms with Gasteiger partial charge in [-0.3, -0.25) is 9.80 Å². The van der Waals surface area contributed by atoms with E-state index in [1.807, 2.05) is 164 Å². The van der Waals surface area contributed by atoms with E-state index in [1.54, 1.807) is 41.7 Å². The summed E-state index contributed by atoms with van der Waals surface area (Å²) in [6.07, 6.45) is 1.72. The van der Waals surface area contributed by atoms with Gasteiger partial charge in [0.15, 0.2) is 41.3 Å². The van der Waals surface area contributed by atoms with E-state index in [9.17, 15) is 13.2 Å². The molecular formula is C96H83Br4Cl12F3N18S8. The van der Waals surface area contributed by atoms with Crippen molar-refractivity contribution in [3.63, 3.8) is 0 Å². The standard InChI is InChI=1S/C30H31Cl4FN6S2.2C22H18Br2Cl2N4S2.C22H16Cl4F2N4S2/c31-25-5-1-20(11-27(25)33)7-9-40-16-36-29(37-17-40)42-14-22-3-4-24(35)13-23(22)15-43-30-38-18-41(19-39-30)10-8-21-2-6-26(32)28(34)12-21;23-15-1-5-17(6-2-15)29-21(27)31-11-13-9-19(25)20(26)10-14(13)12-32-22(28)30-18-7-3-16(24)4-8-18;23-15-3-1-5-17(9-15)29-21(27)31-11-13-7-19(25)20(26)8-14(13)12-32-22(28)30-18-6-2-4-16(24)10-18;23-15-5-11(9-33-21(29)31-13-1-3-19(27)17(25)7-13)12(6-16(15)24)10-34-22(30)32-14-2-4-20(28)18(26)8-14/h1-6,11-13H,7-10,14-19H2,(H,36,37)(H,38,39);2*1-10H,11-12H2,(H2,27,29)(H2,28,30);1-8H,9-10H2,(H2,29,31)(H2,30,32). The summed E-state index contributed by atoms with van der Waals surface area (Å²) in [5.74, 6) is 3.32. The monoisotopic (exact) mass is 2540 g/mol. The Morgan fingerprint density at radius 3 is 0.879 bits per heavy atom. The lowest BCUT2D eigenvalue weighted by molar-refractivity contribution is 0.270. The minimum Gasteiger partial charge on any atom is -0.378 e. The number of aliphatic imine (C=N–C) groups is 8. The van der Waals surface area contributed by atoms with Crippen LogP contribution in [0.5, 0.6) is 0 Å². The molecule has 141 heavy (non-hydrogen) atoms. The number of benzene rings is 12. The average molecular weight is 2550 g/mol. The predicted octanol–water partition coefficient (Wildman–Crippen LogP) is 32.6. The van der Waals surface area contributed by atoms with Crippen LogP contribution in [0.25, 0.3) is 0 Å². The molecule has 0 saturated carbocycles.